The van der Waals surface area contributed by atoms with Gasteiger partial charge < -0.3 is 9.88 Å². The molecular formula is C15H17N3O4S. The smallest absolute Gasteiger partial charge is 0.326 e. The Labute approximate surface area is 132 Å². The third-order valence-corrected chi connectivity index (χ3v) is 7.20. The highest BCUT2D eigenvalue weighted by molar-refractivity contribution is 7.92. The number of fused-ring (bicyclic) bond motifs is 2. The van der Waals surface area contributed by atoms with Crippen molar-refractivity contribution in [1.82, 2.24) is 14.5 Å². The Morgan fingerprint density at radius 3 is 2.83 bits per heavy atom. The average molecular weight is 335 g/mol. The lowest BCUT2D eigenvalue weighted by atomic mass is 10.1. The summed E-state index contributed by atoms with van der Waals surface area (Å²) in [5.74, 6) is 0.0665. The number of para-hydroxylation sites is 2. The number of imidazole rings is 1. The highest BCUT2D eigenvalue weighted by Gasteiger charge is 2.47. The lowest BCUT2D eigenvalue weighted by Gasteiger charge is -2.17. The van der Waals surface area contributed by atoms with E-state index >= 15 is 0 Å². The fourth-order valence-electron chi connectivity index (χ4n) is 3.70. The molecule has 2 aliphatic rings. The lowest BCUT2D eigenvalue weighted by Crippen LogP contribution is -2.36. The van der Waals surface area contributed by atoms with Crippen LogP contribution in [-0.4, -0.2) is 52.9 Å². The van der Waals surface area contributed by atoms with Crippen LogP contribution in [0.1, 0.15) is 6.42 Å². The van der Waals surface area contributed by atoms with Gasteiger partial charge in [-0.25, -0.2) is 13.2 Å². The maximum Gasteiger partial charge on any atom is 0.326 e. The van der Waals surface area contributed by atoms with Gasteiger partial charge in [-0.2, -0.15) is 0 Å². The molecule has 2 aromatic rings. The van der Waals surface area contributed by atoms with Gasteiger partial charge in [-0.3, -0.25) is 9.36 Å². The fraction of sp³-hybridized carbons (Fsp3) is 0.467. The zero-order valence-electron chi connectivity index (χ0n) is 12.4. The van der Waals surface area contributed by atoms with E-state index in [2.05, 4.69) is 4.98 Å². The average Bonchev–Trinajstić information content (AvgIpc) is 3.15. The molecule has 23 heavy (non-hydrogen) atoms. The summed E-state index contributed by atoms with van der Waals surface area (Å²) >= 11 is 0. The second-order valence-electron chi connectivity index (χ2n) is 6.29. The summed E-state index contributed by atoms with van der Waals surface area (Å²) in [6.45, 7) is 0.658. The normalized spacial score (nSPS) is 25.8. The highest BCUT2D eigenvalue weighted by atomic mass is 32.2. The van der Waals surface area contributed by atoms with Crippen LogP contribution in [0.3, 0.4) is 0 Å². The van der Waals surface area contributed by atoms with Crippen molar-refractivity contribution in [3.63, 3.8) is 0 Å². The maximum absolute atomic E-state index is 12.5. The Balaban J connectivity index is 1.57. The van der Waals surface area contributed by atoms with E-state index in [1.54, 1.807) is 17.0 Å². The van der Waals surface area contributed by atoms with Crippen LogP contribution in [0.5, 0.6) is 0 Å². The molecule has 0 bridgehead atoms. The molecule has 2 aliphatic heterocycles. The first kappa shape index (κ1) is 14.5. The van der Waals surface area contributed by atoms with Gasteiger partial charge in [-0.15, -0.1) is 0 Å². The molecule has 1 aromatic carbocycles. The summed E-state index contributed by atoms with van der Waals surface area (Å²) in [5.41, 5.74) is 1.04. The Morgan fingerprint density at radius 2 is 2.04 bits per heavy atom. The molecule has 1 N–H and O–H groups in total. The highest BCUT2D eigenvalue weighted by Crippen LogP contribution is 2.33. The minimum atomic E-state index is -3.06. The first-order chi connectivity index (χ1) is 11.0. The van der Waals surface area contributed by atoms with Crippen LogP contribution in [0.4, 0.5) is 0 Å². The summed E-state index contributed by atoms with van der Waals surface area (Å²) in [5, 5.41) is -0.425. The summed E-state index contributed by atoms with van der Waals surface area (Å²) in [4.78, 5) is 28.8. The van der Waals surface area contributed by atoms with E-state index in [4.69, 9.17) is 0 Å². The number of hydrogen-bond donors (Lipinski definition) is 1. The van der Waals surface area contributed by atoms with Crippen LogP contribution < -0.4 is 5.69 Å². The van der Waals surface area contributed by atoms with Crippen molar-refractivity contribution < 1.29 is 13.2 Å². The number of likely N-dealkylation sites (tertiary alicyclic amines) is 1. The molecule has 0 unspecified atom stereocenters. The molecule has 122 valence electrons. The number of carbonyl (C=O) groups excluding carboxylic acids is 1. The van der Waals surface area contributed by atoms with Crippen molar-refractivity contribution in [2.24, 2.45) is 5.92 Å². The molecule has 0 radical (unpaired) electrons. The number of nitrogens with one attached hydrogen (secondary N) is 1. The molecule has 0 saturated carbocycles. The minimum absolute atomic E-state index is 0.0450. The standard InChI is InChI=1S/C15H17N3O4S/c19-14(17-7-10-5-6-23(21,22)13(10)8-17)9-18-12-4-2-1-3-11(12)16-15(18)20/h1-4,10,13H,5-9H2,(H,16,20)/t10-,13+/m0/s1. The van der Waals surface area contributed by atoms with Crippen molar-refractivity contribution in [2.45, 2.75) is 18.2 Å². The van der Waals surface area contributed by atoms with Gasteiger partial charge in [0.1, 0.15) is 6.54 Å². The van der Waals surface area contributed by atoms with Gasteiger partial charge >= 0.3 is 5.69 Å². The van der Waals surface area contributed by atoms with E-state index in [-0.39, 0.29) is 36.4 Å². The number of nitrogens with zero attached hydrogens (tertiary/aromatic N) is 2. The number of sulfone groups is 1. The molecule has 8 heteroatoms. The van der Waals surface area contributed by atoms with Gasteiger partial charge in [-0.05, 0) is 24.5 Å². The van der Waals surface area contributed by atoms with E-state index in [0.717, 1.165) is 0 Å². The number of rotatable bonds is 2. The van der Waals surface area contributed by atoms with E-state index in [1.165, 1.54) is 4.57 Å². The number of benzene rings is 1. The van der Waals surface area contributed by atoms with Gasteiger partial charge in [-0.1, -0.05) is 12.1 Å². The third kappa shape index (κ3) is 2.28. The molecule has 3 heterocycles. The van der Waals surface area contributed by atoms with Crippen molar-refractivity contribution in [1.29, 1.82) is 0 Å². The molecule has 7 nitrogen and oxygen atoms in total. The number of H-pyrrole nitrogens is 1. The SMILES string of the molecule is O=C(Cn1c(=O)[nH]c2ccccc21)N1C[C@@H]2CCS(=O)(=O)[C@@H]2C1. The van der Waals surface area contributed by atoms with Gasteiger partial charge in [0.05, 0.1) is 22.0 Å². The molecule has 2 atom stereocenters. The molecule has 2 fully saturated rings. The van der Waals surface area contributed by atoms with Crippen LogP contribution in [-0.2, 0) is 21.2 Å². The van der Waals surface area contributed by atoms with Crippen molar-refractivity contribution in [3.05, 3.63) is 34.7 Å². The van der Waals surface area contributed by atoms with Crippen LogP contribution in [0, 0.1) is 5.92 Å². The number of aromatic amines is 1. The van der Waals surface area contributed by atoms with E-state index in [0.29, 0.717) is 24.0 Å². The van der Waals surface area contributed by atoms with Crippen molar-refractivity contribution in [3.8, 4) is 0 Å². The molecule has 0 spiro atoms. The molecule has 4 rings (SSSR count). The Kier molecular flexibility index (Phi) is 3.12. The number of hydrogen-bond acceptors (Lipinski definition) is 4. The van der Waals surface area contributed by atoms with Gasteiger partial charge in [0.2, 0.25) is 5.91 Å². The first-order valence-electron chi connectivity index (χ1n) is 7.62. The van der Waals surface area contributed by atoms with Crippen LogP contribution in [0.15, 0.2) is 29.1 Å². The number of carbonyl (C=O) groups is 1. The third-order valence-electron chi connectivity index (χ3n) is 4.94. The molecular weight excluding hydrogens is 318 g/mol. The summed E-state index contributed by atoms with van der Waals surface area (Å²) in [6, 6.07) is 7.19. The first-order valence-corrected chi connectivity index (χ1v) is 9.34. The Morgan fingerprint density at radius 1 is 1.26 bits per heavy atom. The van der Waals surface area contributed by atoms with Gasteiger partial charge in [0.15, 0.2) is 9.84 Å². The van der Waals surface area contributed by atoms with Crippen LogP contribution in [0.25, 0.3) is 11.0 Å². The minimum Gasteiger partial charge on any atom is -0.340 e. The van der Waals surface area contributed by atoms with Crippen molar-refractivity contribution in [2.75, 3.05) is 18.8 Å². The zero-order chi connectivity index (χ0) is 16.2. The van der Waals surface area contributed by atoms with Gasteiger partial charge in [0.25, 0.3) is 0 Å². The molecule has 2 saturated heterocycles. The second-order valence-corrected chi connectivity index (χ2v) is 8.63. The van der Waals surface area contributed by atoms with Crippen molar-refractivity contribution >= 4 is 26.8 Å². The monoisotopic (exact) mass is 335 g/mol. The Bertz CT molecular complexity index is 943. The van der Waals surface area contributed by atoms with Crippen LogP contribution >= 0.6 is 0 Å². The maximum atomic E-state index is 12.5. The predicted octanol–water partition coefficient (Wildman–Crippen LogP) is -0.0249. The molecule has 0 aliphatic carbocycles. The Hall–Kier alpha value is -2.09. The largest absolute Gasteiger partial charge is 0.340 e. The van der Waals surface area contributed by atoms with E-state index in [1.807, 2.05) is 12.1 Å². The summed E-state index contributed by atoms with van der Waals surface area (Å²) in [7, 11) is -3.06. The zero-order valence-corrected chi connectivity index (χ0v) is 13.3. The van der Waals surface area contributed by atoms with E-state index in [9.17, 15) is 18.0 Å². The topological polar surface area (TPSA) is 92.2 Å². The molecule has 1 amide bonds. The molecule has 1 aromatic heterocycles. The van der Waals surface area contributed by atoms with Crippen LogP contribution in [0.2, 0.25) is 0 Å². The number of aromatic nitrogens is 2. The number of amides is 1. The lowest BCUT2D eigenvalue weighted by molar-refractivity contribution is -0.130. The quantitative estimate of drug-likeness (QED) is 0.834. The predicted molar refractivity (Wildman–Crippen MR) is 84.8 cm³/mol. The fourth-order valence-corrected chi connectivity index (χ4v) is 5.84. The van der Waals surface area contributed by atoms with Gasteiger partial charge in [0, 0.05) is 13.1 Å². The summed E-state index contributed by atoms with van der Waals surface area (Å²) < 4.78 is 25.3. The van der Waals surface area contributed by atoms with E-state index < -0.39 is 15.1 Å². The summed E-state index contributed by atoms with van der Waals surface area (Å²) in [6.07, 6.45) is 0.629. The second kappa shape index (κ2) is 4.95.